The summed E-state index contributed by atoms with van der Waals surface area (Å²) in [6, 6.07) is 2.81. The first-order valence-electron chi connectivity index (χ1n) is 6.50. The molecule has 1 aromatic heterocycles. The number of anilines is 2. The first-order valence-corrected chi connectivity index (χ1v) is 6.50. The molecule has 0 unspecified atom stereocenters. The van der Waals surface area contributed by atoms with Gasteiger partial charge in [-0.25, -0.2) is 4.98 Å². The number of pyridine rings is 1. The Kier molecular flexibility index (Phi) is 4.70. The zero-order chi connectivity index (χ0) is 14.5. The standard InChI is InChI=1S/C12H18N4O4/c13-11-2-1-10(16(18)19)12(14-11)15-5-3-9(4-6-15)20-8-7-17/h1-2,9,17H,3-8H2,(H2,13,14). The number of nitrogen functional groups attached to an aromatic ring is 1. The molecule has 110 valence electrons. The van der Waals surface area contributed by atoms with Crippen LogP contribution < -0.4 is 10.6 Å². The molecule has 3 N–H and O–H groups in total. The highest BCUT2D eigenvalue weighted by Crippen LogP contribution is 2.29. The second-order valence-corrected chi connectivity index (χ2v) is 4.62. The molecular weight excluding hydrogens is 264 g/mol. The highest BCUT2D eigenvalue weighted by molar-refractivity contribution is 5.61. The van der Waals surface area contributed by atoms with Crippen molar-refractivity contribution in [2.75, 3.05) is 36.9 Å². The van der Waals surface area contributed by atoms with Crippen LogP contribution in [0, 0.1) is 10.1 Å². The minimum Gasteiger partial charge on any atom is -0.394 e. The van der Waals surface area contributed by atoms with E-state index < -0.39 is 4.92 Å². The maximum absolute atomic E-state index is 11.0. The molecule has 1 saturated heterocycles. The summed E-state index contributed by atoms with van der Waals surface area (Å²) in [5.41, 5.74) is 5.58. The van der Waals surface area contributed by atoms with Gasteiger partial charge in [0.05, 0.1) is 24.2 Å². The zero-order valence-corrected chi connectivity index (χ0v) is 11.1. The van der Waals surface area contributed by atoms with E-state index >= 15 is 0 Å². The van der Waals surface area contributed by atoms with Gasteiger partial charge in [0.25, 0.3) is 0 Å². The van der Waals surface area contributed by atoms with Crippen molar-refractivity contribution < 1.29 is 14.8 Å². The van der Waals surface area contributed by atoms with Crippen molar-refractivity contribution in [1.82, 2.24) is 4.98 Å². The largest absolute Gasteiger partial charge is 0.394 e. The van der Waals surface area contributed by atoms with Crippen molar-refractivity contribution in [3.63, 3.8) is 0 Å². The molecule has 20 heavy (non-hydrogen) atoms. The average Bonchev–Trinajstić information content (AvgIpc) is 2.45. The summed E-state index contributed by atoms with van der Waals surface area (Å²) < 4.78 is 5.46. The lowest BCUT2D eigenvalue weighted by molar-refractivity contribution is -0.384. The number of nitrogens with two attached hydrogens (primary N) is 1. The topological polar surface area (TPSA) is 115 Å². The van der Waals surface area contributed by atoms with Crippen LogP contribution in [0.2, 0.25) is 0 Å². The fraction of sp³-hybridized carbons (Fsp3) is 0.583. The first-order chi connectivity index (χ1) is 9.61. The molecule has 1 aliphatic heterocycles. The summed E-state index contributed by atoms with van der Waals surface area (Å²) >= 11 is 0. The van der Waals surface area contributed by atoms with Gasteiger partial charge in [0.15, 0.2) is 0 Å². The molecule has 0 amide bonds. The van der Waals surface area contributed by atoms with Crippen LogP contribution in [-0.4, -0.2) is 47.4 Å². The Morgan fingerprint density at radius 3 is 2.80 bits per heavy atom. The molecule has 0 atom stereocenters. The minimum atomic E-state index is -0.448. The monoisotopic (exact) mass is 282 g/mol. The molecule has 1 fully saturated rings. The van der Waals surface area contributed by atoms with Gasteiger partial charge in [-0.2, -0.15) is 0 Å². The van der Waals surface area contributed by atoms with Crippen molar-refractivity contribution in [2.45, 2.75) is 18.9 Å². The molecule has 0 spiro atoms. The second-order valence-electron chi connectivity index (χ2n) is 4.62. The molecule has 0 bridgehead atoms. The maximum Gasteiger partial charge on any atom is 0.311 e. The third-order valence-electron chi connectivity index (χ3n) is 3.26. The van der Waals surface area contributed by atoms with Gasteiger partial charge in [-0.1, -0.05) is 0 Å². The van der Waals surface area contributed by atoms with E-state index in [1.165, 1.54) is 12.1 Å². The van der Waals surface area contributed by atoms with Crippen molar-refractivity contribution in [2.24, 2.45) is 0 Å². The lowest BCUT2D eigenvalue weighted by Gasteiger charge is -2.32. The van der Waals surface area contributed by atoms with Gasteiger partial charge in [0.1, 0.15) is 5.82 Å². The number of nitro groups is 1. The average molecular weight is 282 g/mol. The van der Waals surface area contributed by atoms with E-state index in [1.807, 2.05) is 4.90 Å². The summed E-state index contributed by atoms with van der Waals surface area (Å²) in [5.74, 6) is 0.583. The Labute approximate surface area is 116 Å². The SMILES string of the molecule is Nc1ccc([N+](=O)[O-])c(N2CCC(OCCO)CC2)n1. The third-order valence-corrected chi connectivity index (χ3v) is 3.26. The molecule has 0 aromatic carbocycles. The van der Waals surface area contributed by atoms with E-state index in [4.69, 9.17) is 15.6 Å². The van der Waals surface area contributed by atoms with Crippen LogP contribution in [0.3, 0.4) is 0 Å². The van der Waals surface area contributed by atoms with Gasteiger partial charge in [0.2, 0.25) is 5.82 Å². The van der Waals surface area contributed by atoms with E-state index in [2.05, 4.69) is 4.98 Å². The van der Waals surface area contributed by atoms with Crippen LogP contribution in [0.5, 0.6) is 0 Å². The number of aliphatic hydroxyl groups excluding tert-OH is 1. The van der Waals surface area contributed by atoms with Crippen molar-refractivity contribution in [3.8, 4) is 0 Å². The van der Waals surface area contributed by atoms with E-state index in [9.17, 15) is 10.1 Å². The highest BCUT2D eigenvalue weighted by Gasteiger charge is 2.26. The van der Waals surface area contributed by atoms with Gasteiger partial charge >= 0.3 is 5.69 Å². The van der Waals surface area contributed by atoms with E-state index in [0.717, 1.165) is 12.8 Å². The Hall–Kier alpha value is -1.93. The van der Waals surface area contributed by atoms with Crippen molar-refractivity contribution >= 4 is 17.3 Å². The van der Waals surface area contributed by atoms with Crippen LogP contribution in [0.1, 0.15) is 12.8 Å². The number of nitrogens with zero attached hydrogens (tertiary/aromatic N) is 3. The first kappa shape index (κ1) is 14.5. The molecule has 2 rings (SSSR count). The second kappa shape index (κ2) is 6.49. The molecular formula is C12H18N4O4. The minimum absolute atomic E-state index is 0.00244. The Bertz CT molecular complexity index is 475. The predicted octanol–water partition coefficient (Wildman–Crippen LogP) is 0.550. The molecule has 8 heteroatoms. The summed E-state index contributed by atoms with van der Waals surface area (Å²) in [7, 11) is 0. The molecule has 0 saturated carbocycles. The fourth-order valence-electron chi connectivity index (χ4n) is 2.28. The quantitative estimate of drug-likeness (QED) is 0.598. The molecule has 0 radical (unpaired) electrons. The van der Waals surface area contributed by atoms with E-state index in [0.29, 0.717) is 25.5 Å². The Morgan fingerprint density at radius 2 is 2.20 bits per heavy atom. The number of hydrogen-bond acceptors (Lipinski definition) is 7. The summed E-state index contributed by atoms with van der Waals surface area (Å²) in [4.78, 5) is 16.5. The zero-order valence-electron chi connectivity index (χ0n) is 11.1. The van der Waals surface area contributed by atoms with Gasteiger partial charge in [-0.05, 0) is 18.9 Å². The number of piperidine rings is 1. The smallest absolute Gasteiger partial charge is 0.311 e. The lowest BCUT2D eigenvalue weighted by Crippen LogP contribution is -2.38. The van der Waals surface area contributed by atoms with Gasteiger partial charge < -0.3 is 20.5 Å². The molecule has 0 aliphatic carbocycles. The fourth-order valence-corrected chi connectivity index (χ4v) is 2.28. The summed E-state index contributed by atoms with van der Waals surface area (Å²) in [6.45, 7) is 1.56. The Balaban J connectivity index is 2.06. The van der Waals surface area contributed by atoms with Crippen LogP contribution in [-0.2, 0) is 4.74 Å². The van der Waals surface area contributed by atoms with E-state index in [-0.39, 0.29) is 24.2 Å². The summed E-state index contributed by atoms with van der Waals surface area (Å²) in [5, 5.41) is 19.7. The third kappa shape index (κ3) is 3.34. The summed E-state index contributed by atoms with van der Waals surface area (Å²) in [6.07, 6.45) is 1.57. The van der Waals surface area contributed by atoms with Crippen LogP contribution in [0.25, 0.3) is 0 Å². The number of rotatable bonds is 5. The molecule has 1 aliphatic rings. The van der Waals surface area contributed by atoms with Gasteiger partial charge in [-0.3, -0.25) is 10.1 Å². The normalized spacial score (nSPS) is 16.4. The molecule has 2 heterocycles. The van der Waals surface area contributed by atoms with Crippen LogP contribution in [0.15, 0.2) is 12.1 Å². The number of aromatic nitrogens is 1. The Morgan fingerprint density at radius 1 is 1.50 bits per heavy atom. The number of ether oxygens (including phenoxy) is 1. The van der Waals surface area contributed by atoms with Crippen molar-refractivity contribution in [3.05, 3.63) is 22.2 Å². The van der Waals surface area contributed by atoms with Crippen LogP contribution in [0.4, 0.5) is 17.3 Å². The van der Waals surface area contributed by atoms with Gasteiger partial charge in [0, 0.05) is 19.2 Å². The number of hydrogen-bond donors (Lipinski definition) is 2. The maximum atomic E-state index is 11.0. The van der Waals surface area contributed by atoms with Crippen LogP contribution >= 0.6 is 0 Å². The molecule has 1 aromatic rings. The lowest BCUT2D eigenvalue weighted by atomic mass is 10.1. The molecule has 8 nitrogen and oxygen atoms in total. The van der Waals surface area contributed by atoms with Crippen molar-refractivity contribution in [1.29, 1.82) is 0 Å². The van der Waals surface area contributed by atoms with E-state index in [1.54, 1.807) is 0 Å². The number of aliphatic hydroxyl groups is 1. The predicted molar refractivity (Wildman–Crippen MR) is 73.6 cm³/mol. The highest BCUT2D eigenvalue weighted by atomic mass is 16.6. The van der Waals surface area contributed by atoms with Gasteiger partial charge in [-0.15, -0.1) is 0 Å².